The van der Waals surface area contributed by atoms with Gasteiger partial charge in [0.15, 0.2) is 6.61 Å². The minimum absolute atomic E-state index is 0.00783. The van der Waals surface area contributed by atoms with Gasteiger partial charge in [0.25, 0.3) is 16.0 Å². The fourth-order valence-electron chi connectivity index (χ4n) is 3.63. The molecule has 0 saturated carbocycles. The first-order valence-corrected chi connectivity index (χ1v) is 11.3. The Morgan fingerprint density at radius 1 is 1.16 bits per heavy atom. The van der Waals surface area contributed by atoms with Gasteiger partial charge in [0.2, 0.25) is 0 Å². The quantitative estimate of drug-likeness (QED) is 0.511. The molecule has 31 heavy (non-hydrogen) atoms. The van der Waals surface area contributed by atoms with Crippen LogP contribution in [-0.4, -0.2) is 60.5 Å². The maximum atomic E-state index is 13.1. The van der Waals surface area contributed by atoms with Crippen molar-refractivity contribution in [3.63, 3.8) is 0 Å². The van der Waals surface area contributed by atoms with Gasteiger partial charge in [-0.1, -0.05) is 12.1 Å². The van der Waals surface area contributed by atoms with E-state index in [4.69, 9.17) is 15.0 Å². The molecule has 168 valence electrons. The summed E-state index contributed by atoms with van der Waals surface area (Å²) in [7, 11) is -4.37. The zero-order valence-corrected chi connectivity index (χ0v) is 18.2. The van der Waals surface area contributed by atoms with Gasteiger partial charge in [-0.15, -0.1) is 0 Å². The van der Waals surface area contributed by atoms with Crippen molar-refractivity contribution in [2.45, 2.75) is 37.4 Å². The predicted molar refractivity (Wildman–Crippen MR) is 114 cm³/mol. The maximum absolute atomic E-state index is 13.1. The Balaban J connectivity index is 1.58. The molecule has 0 radical (unpaired) electrons. The average molecular weight is 452 g/mol. The second kappa shape index (κ2) is 9.21. The molecule has 1 aliphatic rings. The second-order valence-electron chi connectivity index (χ2n) is 7.76. The molecule has 0 aliphatic carbocycles. The van der Waals surface area contributed by atoms with Gasteiger partial charge in [-0.3, -0.25) is 14.2 Å². The number of rotatable bonds is 6. The van der Waals surface area contributed by atoms with Crippen LogP contribution >= 0.6 is 0 Å². The summed E-state index contributed by atoms with van der Waals surface area (Å²) >= 11 is 0. The number of halogens is 1. The highest BCUT2D eigenvalue weighted by Gasteiger charge is 2.32. The third-order valence-corrected chi connectivity index (χ3v) is 6.21. The van der Waals surface area contributed by atoms with Gasteiger partial charge in [-0.2, -0.15) is 8.42 Å². The molecule has 0 unspecified atom stereocenters. The molecule has 0 aromatic heterocycles. The summed E-state index contributed by atoms with van der Waals surface area (Å²) in [6, 6.07) is 9.99. The third-order valence-electron chi connectivity index (χ3n) is 5.36. The van der Waals surface area contributed by atoms with Crippen LogP contribution < -0.4 is 10.5 Å². The summed E-state index contributed by atoms with van der Waals surface area (Å²) in [4.78, 5) is 16.4. The van der Waals surface area contributed by atoms with Crippen LogP contribution in [0.3, 0.4) is 0 Å². The van der Waals surface area contributed by atoms with E-state index < -0.39 is 10.1 Å². The summed E-state index contributed by atoms with van der Waals surface area (Å²) in [5.41, 5.74) is 6.79. The van der Waals surface area contributed by atoms with E-state index in [2.05, 4.69) is 4.90 Å². The van der Waals surface area contributed by atoms with Gasteiger partial charge >= 0.3 is 0 Å². The van der Waals surface area contributed by atoms with Crippen molar-refractivity contribution in [3.05, 3.63) is 53.8 Å². The summed E-state index contributed by atoms with van der Waals surface area (Å²) in [5, 5.41) is 0. The number of nitrogens with zero attached hydrogens (tertiary/aromatic N) is 2. The highest BCUT2D eigenvalue weighted by molar-refractivity contribution is 7.85. The number of nitrogens with two attached hydrogens (primary N) is 1. The van der Waals surface area contributed by atoms with E-state index in [0.29, 0.717) is 19.6 Å². The number of hydrogen-bond donors (Lipinski definition) is 2. The number of carbonyl (C=O) groups excluding carboxylic acids is 1. The Morgan fingerprint density at radius 3 is 2.45 bits per heavy atom. The molecule has 1 fully saturated rings. The average Bonchev–Trinajstić information content (AvgIpc) is 2.70. The molecule has 2 aromatic carbocycles. The van der Waals surface area contributed by atoms with Crippen molar-refractivity contribution in [2.75, 3.05) is 25.4 Å². The molecule has 3 rings (SSSR count). The Hall–Kier alpha value is -2.69. The van der Waals surface area contributed by atoms with E-state index in [0.717, 1.165) is 17.7 Å². The molecule has 3 N–H and O–H groups in total. The molecule has 1 aliphatic heterocycles. The standard InChI is InChI=1S/C21H26FN3O5S/c1-14-11-25(15(2)10-24(14)12-16-3-5-17(22)6-4-16)21(26)13-30-20-8-7-18(9-19(20)23)31(27,28)29/h3-9,14-15H,10-13,23H2,1-2H3,(H,27,28,29)/t14-,15+/m0/s1. The molecule has 8 nitrogen and oxygen atoms in total. The van der Waals surface area contributed by atoms with Crippen LogP contribution in [0.1, 0.15) is 19.4 Å². The number of ether oxygens (including phenoxy) is 1. The van der Waals surface area contributed by atoms with Gasteiger partial charge in [0, 0.05) is 31.7 Å². The van der Waals surface area contributed by atoms with E-state index in [9.17, 15) is 17.6 Å². The number of anilines is 1. The van der Waals surface area contributed by atoms with Crippen molar-refractivity contribution in [1.29, 1.82) is 0 Å². The van der Waals surface area contributed by atoms with Crippen molar-refractivity contribution in [1.82, 2.24) is 9.80 Å². The fourth-order valence-corrected chi connectivity index (χ4v) is 4.15. The smallest absolute Gasteiger partial charge is 0.294 e. The fraction of sp³-hybridized carbons (Fsp3) is 0.381. The lowest BCUT2D eigenvalue weighted by Crippen LogP contribution is -2.58. The van der Waals surface area contributed by atoms with E-state index in [1.807, 2.05) is 13.8 Å². The monoisotopic (exact) mass is 451 g/mol. The summed E-state index contributed by atoms with van der Waals surface area (Å²) in [6.07, 6.45) is 0. The van der Waals surface area contributed by atoms with E-state index in [1.165, 1.54) is 18.2 Å². The second-order valence-corrected chi connectivity index (χ2v) is 9.18. The third kappa shape index (κ3) is 5.72. The minimum Gasteiger partial charge on any atom is -0.482 e. The largest absolute Gasteiger partial charge is 0.482 e. The molecule has 10 heteroatoms. The topological polar surface area (TPSA) is 113 Å². The molecule has 1 amide bonds. The highest BCUT2D eigenvalue weighted by atomic mass is 32.2. The van der Waals surface area contributed by atoms with Crippen LogP contribution in [0.25, 0.3) is 0 Å². The lowest BCUT2D eigenvalue weighted by Gasteiger charge is -2.44. The van der Waals surface area contributed by atoms with Crippen molar-refractivity contribution < 1.29 is 26.9 Å². The molecule has 1 saturated heterocycles. The Morgan fingerprint density at radius 2 is 1.84 bits per heavy atom. The van der Waals surface area contributed by atoms with Crippen molar-refractivity contribution >= 4 is 21.7 Å². The zero-order valence-electron chi connectivity index (χ0n) is 17.4. The van der Waals surface area contributed by atoms with Crippen LogP contribution in [0.2, 0.25) is 0 Å². The molecule has 2 aromatic rings. The normalized spacial score (nSPS) is 19.9. The number of amides is 1. The first-order chi connectivity index (χ1) is 14.5. The Labute approximate surface area is 181 Å². The van der Waals surface area contributed by atoms with Gasteiger partial charge in [0.05, 0.1) is 10.6 Å². The highest BCUT2D eigenvalue weighted by Crippen LogP contribution is 2.25. The Kier molecular flexibility index (Phi) is 6.83. The number of benzene rings is 2. The van der Waals surface area contributed by atoms with Gasteiger partial charge in [-0.05, 0) is 49.7 Å². The first-order valence-electron chi connectivity index (χ1n) is 9.82. The maximum Gasteiger partial charge on any atom is 0.294 e. The van der Waals surface area contributed by atoms with Crippen molar-refractivity contribution in [2.24, 2.45) is 0 Å². The summed E-state index contributed by atoms with van der Waals surface area (Å²) < 4.78 is 50.0. The molecule has 0 bridgehead atoms. The molecule has 0 spiro atoms. The number of hydrogen-bond acceptors (Lipinski definition) is 6. The predicted octanol–water partition coefficient (Wildman–Crippen LogP) is 2.15. The summed E-state index contributed by atoms with van der Waals surface area (Å²) in [5.74, 6) is -0.315. The van der Waals surface area contributed by atoms with E-state index in [-0.39, 0.29) is 46.7 Å². The Bertz CT molecular complexity index is 1050. The van der Waals surface area contributed by atoms with E-state index in [1.54, 1.807) is 17.0 Å². The minimum atomic E-state index is -4.37. The molecule has 2 atom stereocenters. The lowest BCUT2D eigenvalue weighted by atomic mass is 10.1. The summed E-state index contributed by atoms with van der Waals surface area (Å²) in [6.45, 7) is 5.59. The zero-order chi connectivity index (χ0) is 22.8. The first kappa shape index (κ1) is 23.0. The lowest BCUT2D eigenvalue weighted by molar-refractivity contribution is -0.139. The van der Waals surface area contributed by atoms with Crippen LogP contribution in [-0.2, 0) is 21.5 Å². The molecule has 1 heterocycles. The van der Waals surface area contributed by atoms with E-state index >= 15 is 0 Å². The van der Waals surface area contributed by atoms with Gasteiger partial charge in [0.1, 0.15) is 11.6 Å². The van der Waals surface area contributed by atoms with Crippen LogP contribution in [0.5, 0.6) is 5.75 Å². The SMILES string of the molecule is C[C@@H]1CN(Cc2ccc(F)cc2)[C@@H](C)CN1C(=O)COc1ccc(S(=O)(=O)O)cc1N. The number of piperazine rings is 1. The van der Waals surface area contributed by atoms with Crippen LogP contribution in [0.15, 0.2) is 47.4 Å². The van der Waals surface area contributed by atoms with Gasteiger partial charge < -0.3 is 15.4 Å². The number of carbonyl (C=O) groups is 1. The van der Waals surface area contributed by atoms with Crippen molar-refractivity contribution in [3.8, 4) is 5.75 Å². The van der Waals surface area contributed by atoms with Crippen LogP contribution in [0, 0.1) is 5.82 Å². The molecular formula is C21H26FN3O5S. The van der Waals surface area contributed by atoms with Crippen LogP contribution in [0.4, 0.5) is 10.1 Å². The van der Waals surface area contributed by atoms with Gasteiger partial charge in [-0.25, -0.2) is 4.39 Å². The number of nitrogen functional groups attached to an aromatic ring is 1. The molecular weight excluding hydrogens is 425 g/mol.